The van der Waals surface area contributed by atoms with Gasteiger partial charge in [-0.25, -0.2) is 28.7 Å². The Bertz CT molecular complexity index is 1060. The largest absolute Gasteiger partial charge is 0.389 e. The van der Waals surface area contributed by atoms with Gasteiger partial charge in [0.1, 0.15) is 0 Å². The average molecular weight is 411 g/mol. The van der Waals surface area contributed by atoms with Crippen molar-refractivity contribution >= 4 is 5.69 Å². The van der Waals surface area contributed by atoms with Crippen molar-refractivity contribution in [2.45, 2.75) is 30.5 Å². The number of aromatic nitrogens is 4. The summed E-state index contributed by atoms with van der Waals surface area (Å²) in [6.07, 6.45) is 5.50. The number of hydrogen-bond acceptors (Lipinski definition) is 7. The fourth-order valence-corrected chi connectivity index (χ4v) is 4.00. The van der Waals surface area contributed by atoms with Crippen LogP contribution in [0, 0.1) is 11.6 Å². The van der Waals surface area contributed by atoms with Crippen LogP contribution < -0.4 is 4.90 Å². The number of benzene rings is 1. The molecule has 3 heterocycles. The van der Waals surface area contributed by atoms with Gasteiger partial charge in [-0.3, -0.25) is 0 Å². The lowest BCUT2D eigenvalue weighted by Crippen LogP contribution is -2.22. The molecule has 30 heavy (non-hydrogen) atoms. The van der Waals surface area contributed by atoms with Crippen LogP contribution in [0.1, 0.15) is 29.4 Å². The number of aliphatic hydroxyl groups is 2. The maximum Gasteiger partial charge on any atom is 0.197 e. The van der Waals surface area contributed by atoms with E-state index in [0.29, 0.717) is 17.2 Å². The summed E-state index contributed by atoms with van der Waals surface area (Å²) in [4.78, 5) is 18.4. The van der Waals surface area contributed by atoms with Gasteiger partial charge in [-0.15, -0.1) is 0 Å². The molecule has 9 heteroatoms. The highest BCUT2D eigenvalue weighted by Gasteiger charge is 2.41. The van der Waals surface area contributed by atoms with Gasteiger partial charge < -0.3 is 15.1 Å². The number of rotatable bonds is 4. The molecule has 2 N–H and O–H groups in total. The Kier molecular flexibility index (Phi) is 4.63. The van der Waals surface area contributed by atoms with Gasteiger partial charge in [0.05, 0.1) is 17.9 Å². The van der Waals surface area contributed by atoms with Gasteiger partial charge in [-0.1, -0.05) is 0 Å². The molecule has 0 amide bonds. The number of aliphatic hydroxyl groups excluding tert-OH is 2. The van der Waals surface area contributed by atoms with E-state index in [4.69, 9.17) is 0 Å². The predicted molar refractivity (Wildman–Crippen MR) is 104 cm³/mol. The van der Waals surface area contributed by atoms with E-state index in [2.05, 4.69) is 19.9 Å². The van der Waals surface area contributed by atoms with Gasteiger partial charge in [0.2, 0.25) is 0 Å². The van der Waals surface area contributed by atoms with Crippen LogP contribution in [0.3, 0.4) is 0 Å². The van der Waals surface area contributed by atoms with Crippen molar-refractivity contribution in [2.75, 3.05) is 18.0 Å². The van der Waals surface area contributed by atoms with Crippen LogP contribution in [0.15, 0.2) is 43.0 Å². The zero-order valence-corrected chi connectivity index (χ0v) is 15.9. The topological polar surface area (TPSA) is 95.3 Å². The molecule has 154 valence electrons. The monoisotopic (exact) mass is 411 g/mol. The van der Waals surface area contributed by atoms with E-state index >= 15 is 0 Å². The minimum atomic E-state index is -0.978. The van der Waals surface area contributed by atoms with Crippen LogP contribution in [0.5, 0.6) is 0 Å². The van der Waals surface area contributed by atoms with Gasteiger partial charge in [0, 0.05) is 37.9 Å². The van der Waals surface area contributed by atoms with E-state index in [1.165, 1.54) is 11.0 Å². The highest BCUT2D eigenvalue weighted by Crippen LogP contribution is 2.55. The van der Waals surface area contributed by atoms with E-state index in [9.17, 15) is 19.0 Å². The first kappa shape index (κ1) is 19.0. The lowest BCUT2D eigenvalue weighted by atomic mass is 10.0. The van der Waals surface area contributed by atoms with Crippen LogP contribution >= 0.6 is 0 Å². The minimum Gasteiger partial charge on any atom is -0.389 e. The number of halogens is 2. The molecular formula is C21H19F2N5O2. The van der Waals surface area contributed by atoms with Crippen molar-refractivity contribution in [3.8, 4) is 11.6 Å². The summed E-state index contributed by atoms with van der Waals surface area (Å²) in [5.74, 6) is -0.888. The summed E-state index contributed by atoms with van der Waals surface area (Å²) in [6, 6.07) is 4.55. The molecule has 1 saturated heterocycles. The minimum absolute atomic E-state index is 0.0266. The standard InChI is InChI=1S/C21H19F2N5O2/c22-15-4-11(5-16(19(15)23)28-9-17(29)18(30)10-28)13-6-14(13)12-7-26-21(27-8-12)20-24-2-1-3-25-20/h1-5,7-8,13-14,17-18,29-30H,6,9-10H2/t13?,14?,17-,18-/m1/s1. The van der Waals surface area contributed by atoms with Crippen LogP contribution in [-0.2, 0) is 0 Å². The van der Waals surface area contributed by atoms with Crippen molar-refractivity contribution in [1.29, 1.82) is 0 Å². The first-order valence-corrected chi connectivity index (χ1v) is 9.70. The molecule has 1 saturated carbocycles. The van der Waals surface area contributed by atoms with E-state index in [-0.39, 0.29) is 30.6 Å². The van der Waals surface area contributed by atoms with Gasteiger partial charge in [-0.2, -0.15) is 0 Å². The SMILES string of the molecule is O[C@@H]1CN(c2cc(C3CC3c3cnc(-c4ncccn4)nc3)cc(F)c2F)C[C@H]1O. The Labute approximate surface area is 171 Å². The molecule has 3 aromatic rings. The molecule has 7 nitrogen and oxygen atoms in total. The van der Waals surface area contributed by atoms with Gasteiger partial charge in [0.15, 0.2) is 23.3 Å². The van der Waals surface area contributed by atoms with Gasteiger partial charge >= 0.3 is 0 Å². The first-order valence-electron chi connectivity index (χ1n) is 9.70. The summed E-state index contributed by atoms with van der Waals surface area (Å²) in [6.45, 7) is 0.123. The number of anilines is 1. The Morgan fingerprint density at radius 3 is 2.10 bits per heavy atom. The highest BCUT2D eigenvalue weighted by atomic mass is 19.2. The quantitative estimate of drug-likeness (QED) is 0.678. The Morgan fingerprint density at radius 1 is 0.833 bits per heavy atom. The third-order valence-electron chi connectivity index (χ3n) is 5.72. The molecule has 0 bridgehead atoms. The Hall–Kier alpha value is -3.04. The molecule has 2 fully saturated rings. The van der Waals surface area contributed by atoms with Gasteiger partial charge in [-0.05, 0) is 47.6 Å². The molecule has 0 radical (unpaired) electrons. The maximum atomic E-state index is 14.4. The van der Waals surface area contributed by atoms with E-state index in [1.807, 2.05) is 0 Å². The van der Waals surface area contributed by atoms with E-state index in [0.717, 1.165) is 12.0 Å². The fraction of sp³-hybridized carbons (Fsp3) is 0.333. The van der Waals surface area contributed by atoms with E-state index < -0.39 is 23.8 Å². The lowest BCUT2D eigenvalue weighted by molar-refractivity contribution is 0.0572. The summed E-state index contributed by atoms with van der Waals surface area (Å²) in [5, 5.41) is 19.5. The molecule has 0 spiro atoms. The number of β-amino-alcohol motifs (C(OH)–C–C–N with tert-alkyl or cyclic N) is 2. The normalized spacial score (nSPS) is 25.5. The smallest absolute Gasteiger partial charge is 0.197 e. The molecule has 1 aliphatic heterocycles. The van der Waals surface area contributed by atoms with Crippen molar-refractivity contribution in [3.05, 3.63) is 65.7 Å². The van der Waals surface area contributed by atoms with Gasteiger partial charge in [0.25, 0.3) is 0 Å². The molecular weight excluding hydrogens is 392 g/mol. The third-order valence-corrected chi connectivity index (χ3v) is 5.72. The third kappa shape index (κ3) is 3.40. The number of hydrogen-bond donors (Lipinski definition) is 2. The molecule has 2 unspecified atom stereocenters. The van der Waals surface area contributed by atoms with Crippen LogP contribution in [0.25, 0.3) is 11.6 Å². The van der Waals surface area contributed by atoms with Crippen molar-refractivity contribution in [3.63, 3.8) is 0 Å². The second-order valence-corrected chi connectivity index (χ2v) is 7.74. The van der Waals surface area contributed by atoms with E-state index in [1.54, 1.807) is 36.9 Å². The van der Waals surface area contributed by atoms with Crippen molar-refractivity contribution in [2.24, 2.45) is 0 Å². The molecule has 4 atom stereocenters. The fourth-order valence-electron chi connectivity index (χ4n) is 4.00. The maximum absolute atomic E-state index is 14.4. The average Bonchev–Trinajstić information content (AvgIpc) is 3.50. The zero-order chi connectivity index (χ0) is 20.8. The summed E-state index contributed by atoms with van der Waals surface area (Å²) < 4.78 is 28.7. The highest BCUT2D eigenvalue weighted by molar-refractivity contribution is 5.54. The Balaban J connectivity index is 1.36. The first-order chi connectivity index (χ1) is 14.5. The van der Waals surface area contributed by atoms with Crippen molar-refractivity contribution < 1.29 is 19.0 Å². The van der Waals surface area contributed by atoms with Crippen LogP contribution in [-0.4, -0.2) is 55.4 Å². The second-order valence-electron chi connectivity index (χ2n) is 7.74. The zero-order valence-electron chi connectivity index (χ0n) is 15.9. The molecule has 5 rings (SSSR count). The van der Waals surface area contributed by atoms with Crippen LogP contribution in [0.2, 0.25) is 0 Å². The summed E-state index contributed by atoms with van der Waals surface area (Å²) in [5.41, 5.74) is 1.66. The van der Waals surface area contributed by atoms with Crippen LogP contribution in [0.4, 0.5) is 14.5 Å². The lowest BCUT2D eigenvalue weighted by Gasteiger charge is -2.20. The molecule has 1 aliphatic carbocycles. The van der Waals surface area contributed by atoms with Crippen molar-refractivity contribution in [1.82, 2.24) is 19.9 Å². The summed E-state index contributed by atoms with van der Waals surface area (Å²) in [7, 11) is 0. The molecule has 2 aromatic heterocycles. The molecule has 2 aliphatic rings. The predicted octanol–water partition coefficient (Wildman–Crippen LogP) is 2.02. The summed E-state index contributed by atoms with van der Waals surface area (Å²) >= 11 is 0. The second kappa shape index (κ2) is 7.33. The molecule has 1 aromatic carbocycles. The number of nitrogens with zero attached hydrogens (tertiary/aromatic N) is 5. The Morgan fingerprint density at radius 2 is 1.43 bits per heavy atom.